The Kier molecular flexibility index (Phi) is 18.5. The van der Waals surface area contributed by atoms with E-state index in [1.165, 1.54) is 22.5 Å². The number of carbonyl (C=O) groups excluding carboxylic acids is 1. The van der Waals surface area contributed by atoms with Crippen LogP contribution in [0, 0.1) is 25.5 Å². The number of ether oxygens (including phenoxy) is 2. The molecule has 4 fully saturated rings. The smallest absolute Gasteiger partial charge is 0.245 e. The number of hydrogen-bond acceptors (Lipinski definition) is 21. The van der Waals surface area contributed by atoms with Crippen LogP contribution in [0.4, 0.5) is 66.4 Å². The number of hydrazone groups is 1. The van der Waals surface area contributed by atoms with Gasteiger partial charge in [0.05, 0.1) is 74.5 Å². The molecule has 0 bridgehead atoms. The van der Waals surface area contributed by atoms with Crippen molar-refractivity contribution in [3.8, 4) is 0 Å². The van der Waals surface area contributed by atoms with E-state index in [0.29, 0.717) is 64.0 Å². The van der Waals surface area contributed by atoms with Crippen molar-refractivity contribution in [2.75, 3.05) is 146 Å². The first-order valence-corrected chi connectivity index (χ1v) is 24.2. The fourth-order valence-electron chi connectivity index (χ4n) is 8.31. The fourth-order valence-corrected chi connectivity index (χ4v) is 8.31. The molecule has 21 nitrogen and oxygen atoms in total. The van der Waals surface area contributed by atoms with Crippen LogP contribution in [-0.4, -0.2) is 147 Å². The van der Waals surface area contributed by atoms with Crippen molar-refractivity contribution in [1.29, 1.82) is 0 Å². The van der Waals surface area contributed by atoms with E-state index in [4.69, 9.17) is 15.3 Å². The highest BCUT2D eigenvalue weighted by Gasteiger charge is 2.20. The average Bonchev–Trinajstić information content (AvgIpc) is 3.43. The molecule has 8 heterocycles. The average molecular weight is 1000 g/mol. The van der Waals surface area contributed by atoms with Crippen LogP contribution in [0.25, 0.3) is 0 Å². The number of morpholine rings is 2. The monoisotopic (exact) mass is 1000 g/mol. The predicted octanol–water partition coefficient (Wildman–Crippen LogP) is 4.85. The number of halogens is 2. The molecule has 23 heteroatoms. The maximum absolute atomic E-state index is 14.2. The van der Waals surface area contributed by atoms with Gasteiger partial charge in [-0.3, -0.25) is 20.2 Å². The molecule has 0 aliphatic carbocycles. The van der Waals surface area contributed by atoms with E-state index >= 15 is 0 Å². The third kappa shape index (κ3) is 15.2. The summed E-state index contributed by atoms with van der Waals surface area (Å²) < 4.78 is 38.1. The summed E-state index contributed by atoms with van der Waals surface area (Å²) in [7, 11) is 0. The topological polar surface area (TPSA) is 236 Å². The summed E-state index contributed by atoms with van der Waals surface area (Å²) in [6.07, 6.45) is 8.01. The first-order chi connectivity index (χ1) is 35.7. The molecule has 0 spiro atoms. The van der Waals surface area contributed by atoms with Gasteiger partial charge in [-0.25, -0.2) is 30.0 Å². The number of aldehydes is 1. The normalized spacial score (nSPS) is 15.9. The standard InChI is InChI=1S/C25H30FN9O.C17H20N4O.C8H12FN5O/c1-18-12-21(14-22(13-18)34-6-4-27-5-7-34)31-20-3-2-19(28-15-20)16-30-33-25-29-17-23(26)24(32-25)35-8-10-36-11-9-35;1-13-8-16(20-14-2-3-15(12-22)19-11-14)10-17(9-13)21-6-4-18-5-7-21;9-6-5-11-8(13-10)12-7(6)14-1-3-15-4-2-14/h2-3,12-17,27,31H,4-11H2,1H3,(H,29,32,33);2-3,8-12,18,20H,4-7H2,1H3;5H,1-4,10H2,(H,11,12,13)/b30-16+;;. The van der Waals surface area contributed by atoms with Gasteiger partial charge in [0.25, 0.3) is 0 Å². The molecule has 4 aliphatic rings. The molecule has 2 aromatic carbocycles. The lowest BCUT2D eigenvalue weighted by atomic mass is 10.1. The van der Waals surface area contributed by atoms with E-state index in [1.807, 2.05) is 23.1 Å². The van der Waals surface area contributed by atoms with E-state index in [0.717, 1.165) is 93.8 Å². The number of nitrogens with zero attached hydrogens (tertiary/aromatic N) is 11. The number of benzene rings is 2. The van der Waals surface area contributed by atoms with Gasteiger partial charge in [0.1, 0.15) is 5.69 Å². The highest BCUT2D eigenvalue weighted by molar-refractivity contribution is 5.78. The Morgan fingerprint density at radius 3 is 1.49 bits per heavy atom. The summed E-state index contributed by atoms with van der Waals surface area (Å²) in [6, 6.07) is 20.4. The Morgan fingerprint density at radius 2 is 1.04 bits per heavy atom. The number of aromatic nitrogens is 6. The summed E-state index contributed by atoms with van der Waals surface area (Å²) >= 11 is 0. The molecule has 4 saturated heterocycles. The molecular formula is C50H62F2N18O3. The van der Waals surface area contributed by atoms with Crippen molar-refractivity contribution in [1.82, 2.24) is 40.5 Å². The lowest BCUT2D eigenvalue weighted by Gasteiger charge is -2.30. The second-order valence-electron chi connectivity index (χ2n) is 17.3. The van der Waals surface area contributed by atoms with Crippen LogP contribution in [0.2, 0.25) is 0 Å². The zero-order chi connectivity index (χ0) is 50.8. The number of carbonyl (C=O) groups is 1. The summed E-state index contributed by atoms with van der Waals surface area (Å²) in [5.74, 6) is 5.17. The number of nitrogen functional groups attached to an aromatic ring is 1. The minimum absolute atomic E-state index is 0.206. The van der Waals surface area contributed by atoms with E-state index in [1.54, 1.807) is 29.6 Å². The minimum Gasteiger partial charge on any atom is -0.378 e. The molecule has 0 atom stereocenters. The molecule has 8 N–H and O–H groups in total. The molecular weight excluding hydrogens is 939 g/mol. The minimum atomic E-state index is -0.468. The van der Waals surface area contributed by atoms with Gasteiger partial charge in [0.15, 0.2) is 29.6 Å². The molecule has 0 radical (unpaired) electrons. The number of piperazine rings is 2. The molecule has 4 aromatic heterocycles. The van der Waals surface area contributed by atoms with E-state index in [2.05, 4.69) is 127 Å². The lowest BCUT2D eigenvalue weighted by molar-refractivity contribution is 0.111. The number of nitrogens with one attached hydrogen (secondary N) is 6. The van der Waals surface area contributed by atoms with Gasteiger partial charge >= 0.3 is 0 Å². The highest BCUT2D eigenvalue weighted by Crippen LogP contribution is 2.27. The Hall–Kier alpha value is -7.70. The van der Waals surface area contributed by atoms with Gasteiger partial charge in [-0.15, -0.1) is 0 Å². The molecule has 73 heavy (non-hydrogen) atoms. The fraction of sp³-hybridized carbons (Fsp3) is 0.360. The first kappa shape index (κ1) is 51.6. The summed E-state index contributed by atoms with van der Waals surface area (Å²) in [6.45, 7) is 17.0. The zero-order valence-electron chi connectivity index (χ0n) is 41.0. The van der Waals surface area contributed by atoms with Gasteiger partial charge < -0.3 is 50.3 Å². The van der Waals surface area contributed by atoms with Crippen molar-refractivity contribution in [3.05, 3.63) is 120 Å². The van der Waals surface area contributed by atoms with Crippen LogP contribution in [0.5, 0.6) is 0 Å². The quantitative estimate of drug-likeness (QED) is 0.0355. The number of hydrogen-bond donors (Lipinski definition) is 7. The van der Waals surface area contributed by atoms with Crippen LogP contribution in [-0.2, 0) is 9.47 Å². The maximum Gasteiger partial charge on any atom is 0.245 e. The molecule has 10 rings (SSSR count). The Balaban J connectivity index is 0.000000162. The van der Waals surface area contributed by atoms with Crippen molar-refractivity contribution < 1.29 is 23.0 Å². The highest BCUT2D eigenvalue weighted by atomic mass is 19.1. The number of hydrazine groups is 1. The van der Waals surface area contributed by atoms with Crippen LogP contribution < -0.4 is 57.6 Å². The lowest BCUT2D eigenvalue weighted by Crippen LogP contribution is -2.43. The van der Waals surface area contributed by atoms with Gasteiger partial charge in [-0.2, -0.15) is 15.1 Å². The molecule has 4 aliphatic heterocycles. The van der Waals surface area contributed by atoms with Crippen molar-refractivity contribution in [2.24, 2.45) is 10.9 Å². The van der Waals surface area contributed by atoms with E-state index in [-0.39, 0.29) is 23.5 Å². The molecule has 384 valence electrons. The van der Waals surface area contributed by atoms with E-state index in [9.17, 15) is 13.6 Å². The molecule has 0 saturated carbocycles. The number of aryl methyl sites for hydroxylation is 2. The second kappa shape index (κ2) is 26.1. The second-order valence-corrected chi connectivity index (χ2v) is 17.3. The largest absolute Gasteiger partial charge is 0.378 e. The van der Waals surface area contributed by atoms with E-state index < -0.39 is 11.6 Å². The van der Waals surface area contributed by atoms with Crippen LogP contribution in [0.1, 0.15) is 27.3 Å². The van der Waals surface area contributed by atoms with Crippen LogP contribution in [0.15, 0.2) is 90.6 Å². The van der Waals surface area contributed by atoms with Gasteiger partial charge in [0.2, 0.25) is 11.9 Å². The number of anilines is 10. The number of nitrogens with two attached hydrogens (primary N) is 1. The van der Waals surface area contributed by atoms with Crippen LogP contribution >= 0.6 is 0 Å². The predicted molar refractivity (Wildman–Crippen MR) is 282 cm³/mol. The SMILES string of the molecule is Cc1cc(Nc2ccc(/C=N/Nc3ncc(F)c(N4CCOCC4)n3)nc2)cc(N2CCNCC2)c1.Cc1cc(Nc2ccc(C=O)nc2)cc(N2CCNCC2)c1.NNc1ncc(F)c(N2CCOCC2)n1. The Bertz CT molecular complexity index is 2730. The Labute approximate surface area is 423 Å². The third-order valence-corrected chi connectivity index (χ3v) is 11.9. The summed E-state index contributed by atoms with van der Waals surface area (Å²) in [5.41, 5.74) is 14.9. The first-order valence-electron chi connectivity index (χ1n) is 24.2. The van der Waals surface area contributed by atoms with Crippen molar-refractivity contribution >= 4 is 70.2 Å². The zero-order valence-corrected chi connectivity index (χ0v) is 41.0. The Morgan fingerprint density at radius 1 is 0.575 bits per heavy atom. The van der Waals surface area contributed by atoms with Gasteiger partial charge in [0, 0.05) is 101 Å². The third-order valence-electron chi connectivity index (χ3n) is 11.9. The molecule has 6 aromatic rings. The van der Waals surface area contributed by atoms with Crippen molar-refractivity contribution in [3.63, 3.8) is 0 Å². The number of rotatable bonds is 13. The summed E-state index contributed by atoms with van der Waals surface area (Å²) in [5, 5.41) is 17.7. The van der Waals surface area contributed by atoms with Gasteiger partial charge in [-0.05, 0) is 85.6 Å². The maximum atomic E-state index is 14.2. The molecule has 0 amide bonds. The number of pyridine rings is 2. The summed E-state index contributed by atoms with van der Waals surface area (Å²) in [4.78, 5) is 43.5. The van der Waals surface area contributed by atoms with Gasteiger partial charge in [-0.1, -0.05) is 0 Å². The molecule has 0 unspecified atom stereocenters. The van der Waals surface area contributed by atoms with Crippen molar-refractivity contribution in [2.45, 2.75) is 13.8 Å². The van der Waals surface area contributed by atoms with Crippen LogP contribution in [0.3, 0.4) is 0 Å².